The molecule has 20 heavy (non-hydrogen) atoms. The summed E-state index contributed by atoms with van der Waals surface area (Å²) in [4.78, 5) is 12.0. The molecule has 0 saturated heterocycles. The van der Waals surface area contributed by atoms with Crippen LogP contribution in [0.1, 0.15) is 24.5 Å². The second-order valence-electron chi connectivity index (χ2n) is 5.19. The van der Waals surface area contributed by atoms with Gasteiger partial charge in [-0.1, -0.05) is 6.07 Å². The van der Waals surface area contributed by atoms with Gasteiger partial charge in [-0.15, -0.1) is 23.2 Å². The summed E-state index contributed by atoms with van der Waals surface area (Å²) in [5, 5.41) is 2.43. The number of alkyl halides is 5. The van der Waals surface area contributed by atoms with Crippen LogP contribution >= 0.6 is 23.2 Å². The zero-order valence-electron chi connectivity index (χ0n) is 10.7. The van der Waals surface area contributed by atoms with Gasteiger partial charge in [-0.25, -0.2) is 0 Å². The quantitative estimate of drug-likeness (QED) is 0.795. The van der Waals surface area contributed by atoms with Crippen LogP contribution in [0, 0.1) is 12.3 Å². The molecule has 0 spiro atoms. The summed E-state index contributed by atoms with van der Waals surface area (Å²) in [5.41, 5.74) is -1.58. The molecule has 0 heterocycles. The average Bonchev–Trinajstić information content (AvgIpc) is 2.81. The number of halogens is 5. The average molecular weight is 326 g/mol. The molecule has 1 N–H and O–H groups in total. The molecule has 1 aliphatic carbocycles. The minimum atomic E-state index is -4.46. The standard InChI is InChI=1S/C13H12Cl2F3NO/c1-7-3-4-8(5-9(7)13(16,17)18)19-10(20)11(2)6-12(11,14)15/h3-5H,6H2,1-2H3,(H,19,20). The van der Waals surface area contributed by atoms with Gasteiger partial charge in [-0.05, 0) is 38.0 Å². The molecule has 1 aromatic carbocycles. The summed E-state index contributed by atoms with van der Waals surface area (Å²) in [5.74, 6) is -0.487. The Morgan fingerprint density at radius 3 is 2.35 bits per heavy atom. The number of rotatable bonds is 2. The molecular weight excluding hydrogens is 314 g/mol. The lowest BCUT2D eigenvalue weighted by molar-refractivity contribution is -0.138. The number of nitrogens with one attached hydrogen (secondary N) is 1. The highest BCUT2D eigenvalue weighted by Crippen LogP contribution is 2.64. The van der Waals surface area contributed by atoms with Crippen molar-refractivity contribution in [1.29, 1.82) is 0 Å². The fourth-order valence-electron chi connectivity index (χ4n) is 1.92. The lowest BCUT2D eigenvalue weighted by atomic mass is 10.1. The van der Waals surface area contributed by atoms with Crippen LogP contribution in [0.4, 0.5) is 18.9 Å². The molecular formula is C13H12Cl2F3NO. The molecule has 1 fully saturated rings. The van der Waals surface area contributed by atoms with Gasteiger partial charge in [-0.2, -0.15) is 13.2 Å². The van der Waals surface area contributed by atoms with Crippen LogP contribution in [0.2, 0.25) is 0 Å². The summed E-state index contributed by atoms with van der Waals surface area (Å²) in [6, 6.07) is 3.63. The Hall–Kier alpha value is -0.940. The highest BCUT2D eigenvalue weighted by atomic mass is 35.5. The largest absolute Gasteiger partial charge is 0.416 e. The molecule has 0 radical (unpaired) electrons. The molecule has 0 aliphatic heterocycles. The maximum atomic E-state index is 12.8. The third-order valence-corrected chi connectivity index (χ3v) is 4.66. The predicted octanol–water partition coefficient (Wildman–Crippen LogP) is 4.54. The summed E-state index contributed by atoms with van der Waals surface area (Å²) in [6.07, 6.45) is -4.19. The van der Waals surface area contributed by atoms with E-state index in [9.17, 15) is 18.0 Å². The Morgan fingerprint density at radius 2 is 1.90 bits per heavy atom. The molecule has 0 bridgehead atoms. The molecule has 1 aromatic rings. The number of benzene rings is 1. The number of anilines is 1. The first-order chi connectivity index (χ1) is 8.97. The smallest absolute Gasteiger partial charge is 0.326 e. The Morgan fingerprint density at radius 1 is 1.35 bits per heavy atom. The van der Waals surface area contributed by atoms with Crippen molar-refractivity contribution in [1.82, 2.24) is 0 Å². The minimum Gasteiger partial charge on any atom is -0.326 e. The molecule has 1 amide bonds. The molecule has 2 nitrogen and oxygen atoms in total. The number of aryl methyl sites for hydroxylation is 1. The van der Waals surface area contributed by atoms with Crippen molar-refractivity contribution >= 4 is 34.8 Å². The molecule has 0 aromatic heterocycles. The highest BCUT2D eigenvalue weighted by Gasteiger charge is 2.67. The van der Waals surface area contributed by atoms with E-state index in [-0.39, 0.29) is 17.7 Å². The van der Waals surface area contributed by atoms with Crippen molar-refractivity contribution in [3.63, 3.8) is 0 Å². The van der Waals surface area contributed by atoms with Gasteiger partial charge in [0.1, 0.15) is 4.33 Å². The van der Waals surface area contributed by atoms with E-state index in [4.69, 9.17) is 23.2 Å². The Kier molecular flexibility index (Phi) is 3.50. The van der Waals surface area contributed by atoms with Crippen molar-refractivity contribution in [2.45, 2.75) is 30.8 Å². The normalized spacial score (nSPS) is 24.4. The van der Waals surface area contributed by atoms with Gasteiger partial charge in [0.15, 0.2) is 0 Å². The molecule has 1 atom stereocenters. The van der Waals surface area contributed by atoms with E-state index in [2.05, 4.69) is 5.32 Å². The third kappa shape index (κ3) is 2.61. The van der Waals surface area contributed by atoms with Crippen LogP contribution in [-0.2, 0) is 11.0 Å². The molecule has 1 saturated carbocycles. The first kappa shape index (κ1) is 15.4. The van der Waals surface area contributed by atoms with Crippen LogP contribution in [0.5, 0.6) is 0 Å². The zero-order chi connectivity index (χ0) is 15.3. The molecule has 7 heteroatoms. The van der Waals surface area contributed by atoms with E-state index in [1.54, 1.807) is 6.92 Å². The Labute approximate surface area is 124 Å². The van der Waals surface area contributed by atoms with Crippen molar-refractivity contribution in [2.75, 3.05) is 5.32 Å². The first-order valence-corrected chi connectivity index (χ1v) is 6.60. The topological polar surface area (TPSA) is 29.1 Å². The van der Waals surface area contributed by atoms with E-state index in [0.717, 1.165) is 6.07 Å². The maximum absolute atomic E-state index is 12.8. The second kappa shape index (κ2) is 4.53. The van der Waals surface area contributed by atoms with E-state index in [0.29, 0.717) is 0 Å². The fourth-order valence-corrected chi connectivity index (χ4v) is 2.63. The van der Waals surface area contributed by atoms with Gasteiger partial charge in [0.2, 0.25) is 5.91 Å². The van der Waals surface area contributed by atoms with Crippen LogP contribution in [0.3, 0.4) is 0 Å². The van der Waals surface area contributed by atoms with Crippen LogP contribution in [0.15, 0.2) is 18.2 Å². The molecule has 2 rings (SSSR count). The number of hydrogen-bond donors (Lipinski definition) is 1. The highest BCUT2D eigenvalue weighted by molar-refractivity contribution is 6.53. The number of carbonyl (C=O) groups excluding carboxylic acids is 1. The Bertz CT molecular complexity index is 571. The van der Waals surface area contributed by atoms with Crippen LogP contribution in [-0.4, -0.2) is 10.2 Å². The van der Waals surface area contributed by atoms with Gasteiger partial charge in [0.25, 0.3) is 0 Å². The van der Waals surface area contributed by atoms with Gasteiger partial charge >= 0.3 is 6.18 Å². The predicted molar refractivity (Wildman–Crippen MR) is 72.0 cm³/mol. The Balaban J connectivity index is 2.22. The molecule has 110 valence electrons. The van der Waals surface area contributed by atoms with Gasteiger partial charge in [-0.3, -0.25) is 4.79 Å². The summed E-state index contributed by atoms with van der Waals surface area (Å²) in [6.45, 7) is 2.93. The first-order valence-electron chi connectivity index (χ1n) is 5.84. The lowest BCUT2D eigenvalue weighted by Gasteiger charge is -2.15. The van der Waals surface area contributed by atoms with Crippen LogP contribution < -0.4 is 5.32 Å². The zero-order valence-corrected chi connectivity index (χ0v) is 12.2. The summed E-state index contributed by atoms with van der Waals surface area (Å²) < 4.78 is 37.2. The summed E-state index contributed by atoms with van der Waals surface area (Å²) >= 11 is 11.7. The van der Waals surface area contributed by atoms with Crippen LogP contribution in [0.25, 0.3) is 0 Å². The van der Waals surface area contributed by atoms with Gasteiger partial charge < -0.3 is 5.32 Å². The van der Waals surface area contributed by atoms with Crippen molar-refractivity contribution in [3.8, 4) is 0 Å². The van der Waals surface area contributed by atoms with Gasteiger partial charge in [0, 0.05) is 5.69 Å². The van der Waals surface area contributed by atoms with E-state index < -0.39 is 27.4 Å². The molecule has 1 unspecified atom stereocenters. The third-order valence-electron chi connectivity index (χ3n) is 3.56. The van der Waals surface area contributed by atoms with Gasteiger partial charge in [0.05, 0.1) is 11.0 Å². The summed E-state index contributed by atoms with van der Waals surface area (Å²) in [7, 11) is 0. The SMILES string of the molecule is Cc1ccc(NC(=O)C2(C)CC2(Cl)Cl)cc1C(F)(F)F. The van der Waals surface area contributed by atoms with E-state index >= 15 is 0 Å². The second-order valence-corrected chi connectivity index (χ2v) is 6.68. The van der Waals surface area contributed by atoms with Crippen molar-refractivity contribution < 1.29 is 18.0 Å². The number of amides is 1. The molecule has 1 aliphatic rings. The van der Waals surface area contributed by atoms with E-state index in [1.807, 2.05) is 0 Å². The monoisotopic (exact) mass is 325 g/mol. The number of hydrogen-bond acceptors (Lipinski definition) is 1. The van der Waals surface area contributed by atoms with E-state index in [1.165, 1.54) is 19.1 Å². The fraction of sp³-hybridized carbons (Fsp3) is 0.462. The number of carbonyl (C=O) groups is 1. The minimum absolute atomic E-state index is 0.0742. The maximum Gasteiger partial charge on any atom is 0.416 e. The van der Waals surface area contributed by atoms with Crippen molar-refractivity contribution in [3.05, 3.63) is 29.3 Å². The van der Waals surface area contributed by atoms with Crippen molar-refractivity contribution in [2.24, 2.45) is 5.41 Å². The lowest BCUT2D eigenvalue weighted by Crippen LogP contribution is -2.26.